The van der Waals surface area contributed by atoms with Crippen molar-refractivity contribution < 1.29 is 22.3 Å². The van der Waals surface area contributed by atoms with Gasteiger partial charge in [0, 0.05) is 0 Å². The largest absolute Gasteiger partial charge is 0.452 e. The van der Waals surface area contributed by atoms with Crippen LogP contribution in [0, 0.1) is 17.1 Å². The lowest BCUT2D eigenvalue weighted by atomic mass is 10.1. The first-order chi connectivity index (χ1) is 9.76. The number of thiocarbonyl (C=S) groups is 1. The van der Waals surface area contributed by atoms with Gasteiger partial charge >= 0.3 is 6.09 Å². The SMILES string of the molecule is COC(=O)N(c1cc(N=C=S)c(F)cc1C#N)S(C)(=O)=O. The molecule has 0 aliphatic carbocycles. The van der Waals surface area contributed by atoms with Crippen LogP contribution in [0.2, 0.25) is 0 Å². The van der Waals surface area contributed by atoms with E-state index in [1.165, 1.54) is 0 Å². The Morgan fingerprint density at radius 2 is 2.14 bits per heavy atom. The van der Waals surface area contributed by atoms with Gasteiger partial charge in [0.1, 0.15) is 11.8 Å². The molecule has 10 heteroatoms. The van der Waals surface area contributed by atoms with Crippen LogP contribution < -0.4 is 4.31 Å². The van der Waals surface area contributed by atoms with Crippen LogP contribution in [0.4, 0.5) is 20.6 Å². The summed E-state index contributed by atoms with van der Waals surface area (Å²) in [6.45, 7) is 0. The van der Waals surface area contributed by atoms with Gasteiger partial charge in [-0.3, -0.25) is 0 Å². The zero-order valence-electron chi connectivity index (χ0n) is 10.8. The fourth-order valence-electron chi connectivity index (χ4n) is 1.44. The Bertz CT molecular complexity index is 779. The van der Waals surface area contributed by atoms with Gasteiger partial charge in [0.05, 0.1) is 29.8 Å². The second-order valence-electron chi connectivity index (χ2n) is 3.63. The zero-order chi connectivity index (χ0) is 16.2. The Kier molecular flexibility index (Phi) is 5.10. The minimum atomic E-state index is -4.11. The molecule has 7 nitrogen and oxygen atoms in total. The first-order valence-electron chi connectivity index (χ1n) is 5.16. The molecule has 0 radical (unpaired) electrons. The number of halogens is 1. The highest BCUT2D eigenvalue weighted by Gasteiger charge is 2.29. The molecule has 0 aliphatic rings. The number of benzene rings is 1. The van der Waals surface area contributed by atoms with E-state index in [9.17, 15) is 17.6 Å². The van der Waals surface area contributed by atoms with E-state index in [1.54, 1.807) is 6.07 Å². The van der Waals surface area contributed by atoms with Crippen LogP contribution in [-0.2, 0) is 14.8 Å². The van der Waals surface area contributed by atoms with Gasteiger partial charge in [0.25, 0.3) is 0 Å². The molecule has 0 saturated heterocycles. The normalized spacial score (nSPS) is 10.2. The zero-order valence-corrected chi connectivity index (χ0v) is 12.5. The summed E-state index contributed by atoms with van der Waals surface area (Å²) < 4.78 is 41.6. The van der Waals surface area contributed by atoms with E-state index in [1.807, 2.05) is 5.16 Å². The van der Waals surface area contributed by atoms with E-state index in [-0.39, 0.29) is 15.6 Å². The van der Waals surface area contributed by atoms with Crippen LogP contribution in [0.25, 0.3) is 0 Å². The van der Waals surface area contributed by atoms with Crippen molar-refractivity contribution in [1.29, 1.82) is 5.26 Å². The smallest absolute Gasteiger partial charge is 0.428 e. The van der Waals surface area contributed by atoms with Gasteiger partial charge in [-0.25, -0.2) is 17.6 Å². The lowest BCUT2D eigenvalue weighted by molar-refractivity contribution is 0.183. The number of aliphatic imine (C=N–C) groups is 1. The van der Waals surface area contributed by atoms with Gasteiger partial charge in [0.15, 0.2) is 5.82 Å². The number of ether oxygens (including phenoxy) is 1. The Morgan fingerprint density at radius 3 is 2.57 bits per heavy atom. The predicted octanol–water partition coefficient (Wildman–Crippen LogP) is 1.96. The number of carbonyl (C=O) groups is 1. The fourth-order valence-corrected chi connectivity index (χ4v) is 2.39. The predicted molar refractivity (Wildman–Crippen MR) is 75.5 cm³/mol. The van der Waals surface area contributed by atoms with Crippen molar-refractivity contribution in [3.63, 3.8) is 0 Å². The summed E-state index contributed by atoms with van der Waals surface area (Å²) in [7, 11) is -3.14. The fraction of sp³-hybridized carbons (Fsp3) is 0.182. The number of anilines is 1. The van der Waals surface area contributed by atoms with Gasteiger partial charge < -0.3 is 4.74 Å². The molecular formula is C11H8FN3O4S2. The molecule has 0 N–H and O–H groups in total. The molecule has 1 rings (SSSR count). The molecule has 0 saturated carbocycles. The molecule has 0 aliphatic heterocycles. The lowest BCUT2D eigenvalue weighted by Crippen LogP contribution is -2.36. The highest BCUT2D eigenvalue weighted by Crippen LogP contribution is 2.30. The van der Waals surface area contributed by atoms with Crippen molar-refractivity contribution in [2.45, 2.75) is 0 Å². The van der Waals surface area contributed by atoms with Crippen LogP contribution in [0.3, 0.4) is 0 Å². The van der Waals surface area contributed by atoms with Crippen molar-refractivity contribution in [3.8, 4) is 6.07 Å². The van der Waals surface area contributed by atoms with Crippen LogP contribution in [0.15, 0.2) is 17.1 Å². The molecule has 0 aromatic heterocycles. The lowest BCUT2D eigenvalue weighted by Gasteiger charge is -2.20. The quantitative estimate of drug-likeness (QED) is 0.621. The summed E-state index contributed by atoms with van der Waals surface area (Å²) in [6.07, 6.45) is -0.519. The number of carbonyl (C=O) groups excluding carboxylic acids is 1. The molecule has 1 aromatic rings. The third-order valence-electron chi connectivity index (χ3n) is 2.24. The van der Waals surface area contributed by atoms with Crippen LogP contribution in [0.5, 0.6) is 0 Å². The number of isothiocyanates is 1. The average Bonchev–Trinajstić information content (AvgIpc) is 2.40. The van der Waals surface area contributed by atoms with Gasteiger partial charge in [-0.05, 0) is 24.4 Å². The number of hydrogen-bond acceptors (Lipinski definition) is 7. The summed E-state index contributed by atoms with van der Waals surface area (Å²) in [5.41, 5.74) is -1.14. The van der Waals surface area contributed by atoms with E-state index < -0.39 is 27.6 Å². The first kappa shape index (κ1) is 16.7. The number of hydrogen-bond donors (Lipinski definition) is 0. The Labute approximate surface area is 125 Å². The third-order valence-corrected chi connectivity index (χ3v) is 3.34. The number of amides is 1. The molecular weight excluding hydrogens is 321 g/mol. The van der Waals surface area contributed by atoms with Crippen molar-refractivity contribution in [2.75, 3.05) is 17.7 Å². The van der Waals surface area contributed by atoms with E-state index in [4.69, 9.17) is 5.26 Å². The first-order valence-corrected chi connectivity index (χ1v) is 7.41. The summed E-state index contributed by atoms with van der Waals surface area (Å²) in [6, 6.07) is 3.23. The molecule has 0 atom stereocenters. The minimum absolute atomic E-state index is 0.230. The van der Waals surface area contributed by atoms with E-state index in [0.717, 1.165) is 25.5 Å². The number of nitriles is 1. The average molecular weight is 329 g/mol. The molecule has 0 spiro atoms. The van der Waals surface area contributed by atoms with E-state index in [2.05, 4.69) is 21.9 Å². The molecule has 110 valence electrons. The second kappa shape index (κ2) is 6.41. The summed E-state index contributed by atoms with van der Waals surface area (Å²) >= 11 is 4.34. The van der Waals surface area contributed by atoms with Gasteiger partial charge in [-0.1, -0.05) is 0 Å². The number of rotatable bonds is 3. The van der Waals surface area contributed by atoms with Crippen molar-refractivity contribution in [3.05, 3.63) is 23.5 Å². The molecule has 1 aromatic carbocycles. The van der Waals surface area contributed by atoms with Crippen LogP contribution >= 0.6 is 12.2 Å². The molecule has 21 heavy (non-hydrogen) atoms. The van der Waals surface area contributed by atoms with Crippen LogP contribution in [0.1, 0.15) is 5.56 Å². The molecule has 0 heterocycles. The maximum atomic E-state index is 13.6. The summed E-state index contributed by atoms with van der Waals surface area (Å²) in [5.74, 6) is -0.911. The maximum absolute atomic E-state index is 13.6. The molecule has 0 fully saturated rings. The maximum Gasteiger partial charge on any atom is 0.428 e. The summed E-state index contributed by atoms with van der Waals surface area (Å²) in [5, 5.41) is 10.9. The Hall–Kier alpha value is -2.34. The van der Waals surface area contributed by atoms with Crippen LogP contribution in [-0.4, -0.2) is 33.0 Å². The number of methoxy groups -OCH3 is 1. The van der Waals surface area contributed by atoms with Crippen molar-refractivity contribution in [2.24, 2.45) is 4.99 Å². The standard InChI is InChI=1S/C11H8FN3O4S2/c1-19-11(16)15(21(2,17)18)10-4-9(14-6-20)8(12)3-7(10)5-13/h3-4H,1-2H3. The minimum Gasteiger partial charge on any atom is -0.452 e. The van der Waals surface area contributed by atoms with Gasteiger partial charge in [0.2, 0.25) is 10.0 Å². The number of nitrogens with zero attached hydrogens (tertiary/aromatic N) is 3. The Morgan fingerprint density at radius 1 is 1.52 bits per heavy atom. The highest BCUT2D eigenvalue weighted by molar-refractivity contribution is 7.92. The molecule has 0 bridgehead atoms. The number of sulfonamides is 1. The topological polar surface area (TPSA) is 99.8 Å². The monoisotopic (exact) mass is 329 g/mol. The van der Waals surface area contributed by atoms with Gasteiger partial charge in [-0.2, -0.15) is 14.6 Å². The van der Waals surface area contributed by atoms with E-state index >= 15 is 0 Å². The van der Waals surface area contributed by atoms with Crippen molar-refractivity contribution in [1.82, 2.24) is 0 Å². The van der Waals surface area contributed by atoms with Gasteiger partial charge in [-0.15, -0.1) is 0 Å². The second-order valence-corrected chi connectivity index (χ2v) is 5.65. The van der Waals surface area contributed by atoms with Crippen molar-refractivity contribution >= 4 is 44.9 Å². The highest BCUT2D eigenvalue weighted by atomic mass is 32.2. The Balaban J connectivity index is 3.73. The molecule has 1 amide bonds. The third kappa shape index (κ3) is 3.61. The summed E-state index contributed by atoms with van der Waals surface area (Å²) in [4.78, 5) is 15.0. The van der Waals surface area contributed by atoms with E-state index in [0.29, 0.717) is 0 Å². The molecule has 0 unspecified atom stereocenters.